The van der Waals surface area contributed by atoms with Crippen molar-refractivity contribution in [2.75, 3.05) is 0 Å². The van der Waals surface area contributed by atoms with Crippen LogP contribution in [-0.2, 0) is 6.18 Å². The van der Waals surface area contributed by atoms with E-state index in [-0.39, 0.29) is 0 Å². The third-order valence-electron chi connectivity index (χ3n) is 3.50. The maximum atomic E-state index is 12.6. The average molecular weight is 318 g/mol. The highest BCUT2D eigenvalue weighted by molar-refractivity contribution is 7.16. The molecular weight excluding hydrogens is 305 g/mol. The zero-order valence-corrected chi connectivity index (χ0v) is 12.6. The lowest BCUT2D eigenvalue weighted by molar-refractivity contribution is -0.137. The van der Waals surface area contributed by atoms with Crippen molar-refractivity contribution in [2.45, 2.75) is 13.1 Å². The third-order valence-corrected chi connectivity index (χ3v) is 4.60. The van der Waals surface area contributed by atoms with E-state index >= 15 is 0 Å². The van der Waals surface area contributed by atoms with Gasteiger partial charge in [0.1, 0.15) is 0 Å². The smallest absolute Gasteiger partial charge is 0.166 e. The van der Waals surface area contributed by atoms with Crippen molar-refractivity contribution in [3.05, 3.63) is 71.1 Å². The Morgan fingerprint density at radius 3 is 2.05 bits per heavy atom. The minimum atomic E-state index is -4.29. The number of hydrogen-bond donors (Lipinski definition) is 0. The summed E-state index contributed by atoms with van der Waals surface area (Å²) in [7, 11) is 0. The van der Waals surface area contributed by atoms with Crippen LogP contribution in [0.1, 0.15) is 10.4 Å². The molecule has 0 saturated heterocycles. The van der Waals surface area contributed by atoms with Crippen molar-refractivity contribution in [3.63, 3.8) is 0 Å². The molecule has 22 heavy (non-hydrogen) atoms. The summed E-state index contributed by atoms with van der Waals surface area (Å²) in [5.74, 6) is 0. The molecule has 0 aliphatic rings. The lowest BCUT2D eigenvalue weighted by Gasteiger charge is -2.06. The second kappa shape index (κ2) is 5.61. The van der Waals surface area contributed by atoms with Crippen molar-refractivity contribution in [3.8, 4) is 21.6 Å². The molecule has 0 radical (unpaired) electrons. The van der Waals surface area contributed by atoms with Crippen LogP contribution in [0.15, 0.2) is 60.7 Å². The fourth-order valence-electron chi connectivity index (χ4n) is 2.35. The lowest BCUT2D eigenvalue weighted by atomic mass is 10.0. The Labute approximate surface area is 130 Å². The number of benzene rings is 2. The molecule has 0 N–H and O–H groups in total. The Kier molecular flexibility index (Phi) is 3.79. The highest BCUT2D eigenvalue weighted by Crippen LogP contribution is 2.38. The molecule has 0 spiro atoms. The summed E-state index contributed by atoms with van der Waals surface area (Å²) < 4.78 is 37.8. The standard InChI is InChI=1S/C18H13F3S/c1-12-16(13-5-3-2-4-6-13)11-17(22-12)14-7-9-15(10-8-14)18(19,20)21/h2-11H,1H3. The summed E-state index contributed by atoms with van der Waals surface area (Å²) in [6.45, 7) is 2.03. The van der Waals surface area contributed by atoms with E-state index in [9.17, 15) is 13.2 Å². The molecule has 0 fully saturated rings. The molecule has 2 aromatic carbocycles. The summed E-state index contributed by atoms with van der Waals surface area (Å²) in [5.41, 5.74) is 2.44. The first-order valence-corrected chi connectivity index (χ1v) is 7.60. The first kappa shape index (κ1) is 14.9. The van der Waals surface area contributed by atoms with Gasteiger partial charge in [-0.05, 0) is 41.8 Å². The highest BCUT2D eigenvalue weighted by Gasteiger charge is 2.30. The van der Waals surface area contributed by atoms with Crippen LogP contribution < -0.4 is 0 Å². The monoisotopic (exact) mass is 318 g/mol. The minimum absolute atomic E-state index is 0.618. The van der Waals surface area contributed by atoms with Gasteiger partial charge in [0.05, 0.1) is 5.56 Å². The molecule has 112 valence electrons. The van der Waals surface area contributed by atoms with E-state index in [1.165, 1.54) is 12.1 Å². The van der Waals surface area contributed by atoms with E-state index in [4.69, 9.17) is 0 Å². The number of aryl methyl sites for hydroxylation is 1. The van der Waals surface area contributed by atoms with Crippen molar-refractivity contribution < 1.29 is 13.2 Å². The van der Waals surface area contributed by atoms with Crippen molar-refractivity contribution in [1.29, 1.82) is 0 Å². The van der Waals surface area contributed by atoms with Gasteiger partial charge in [0.15, 0.2) is 0 Å². The van der Waals surface area contributed by atoms with Crippen LogP contribution in [0, 0.1) is 6.92 Å². The molecule has 3 aromatic rings. The molecule has 1 heterocycles. The van der Waals surface area contributed by atoms with Gasteiger partial charge in [0.25, 0.3) is 0 Å². The number of halogens is 3. The molecule has 0 aliphatic carbocycles. The van der Waals surface area contributed by atoms with Gasteiger partial charge >= 0.3 is 6.18 Å². The van der Waals surface area contributed by atoms with Gasteiger partial charge in [0.2, 0.25) is 0 Å². The predicted octanol–water partition coefficient (Wildman–Crippen LogP) is 6.41. The van der Waals surface area contributed by atoms with Crippen LogP contribution in [-0.4, -0.2) is 0 Å². The zero-order valence-electron chi connectivity index (χ0n) is 11.8. The second-order valence-electron chi connectivity index (χ2n) is 5.02. The third kappa shape index (κ3) is 2.92. The van der Waals surface area contributed by atoms with Gasteiger partial charge in [0, 0.05) is 9.75 Å². The maximum absolute atomic E-state index is 12.6. The van der Waals surface area contributed by atoms with Gasteiger partial charge in [-0.2, -0.15) is 13.2 Å². The maximum Gasteiger partial charge on any atom is 0.416 e. The predicted molar refractivity (Wildman–Crippen MR) is 84.9 cm³/mol. The van der Waals surface area contributed by atoms with E-state index in [1.807, 2.05) is 43.3 Å². The molecule has 0 amide bonds. The average Bonchev–Trinajstić information content (AvgIpc) is 2.89. The fourth-order valence-corrected chi connectivity index (χ4v) is 3.40. The van der Waals surface area contributed by atoms with Gasteiger partial charge in [-0.3, -0.25) is 0 Å². The Bertz CT molecular complexity index is 768. The number of alkyl halides is 3. The summed E-state index contributed by atoms with van der Waals surface area (Å²) in [6.07, 6.45) is -4.29. The summed E-state index contributed by atoms with van der Waals surface area (Å²) in [6, 6.07) is 17.3. The molecule has 4 heteroatoms. The number of rotatable bonds is 2. The van der Waals surface area contributed by atoms with E-state index in [2.05, 4.69) is 0 Å². The molecule has 0 nitrogen and oxygen atoms in total. The zero-order chi connectivity index (χ0) is 15.7. The molecule has 3 rings (SSSR count). The van der Waals surface area contributed by atoms with Gasteiger partial charge < -0.3 is 0 Å². The Balaban J connectivity index is 1.97. The number of hydrogen-bond acceptors (Lipinski definition) is 1. The highest BCUT2D eigenvalue weighted by atomic mass is 32.1. The Morgan fingerprint density at radius 1 is 0.818 bits per heavy atom. The summed E-state index contributed by atoms with van der Waals surface area (Å²) in [4.78, 5) is 2.13. The normalized spacial score (nSPS) is 11.6. The SMILES string of the molecule is Cc1sc(-c2ccc(C(F)(F)F)cc2)cc1-c1ccccc1. The Morgan fingerprint density at radius 2 is 1.45 bits per heavy atom. The van der Waals surface area contributed by atoms with Crippen LogP contribution in [0.2, 0.25) is 0 Å². The van der Waals surface area contributed by atoms with Crippen LogP contribution in [0.3, 0.4) is 0 Å². The van der Waals surface area contributed by atoms with Gasteiger partial charge in [-0.15, -0.1) is 11.3 Å². The first-order valence-electron chi connectivity index (χ1n) is 6.78. The largest absolute Gasteiger partial charge is 0.416 e. The fraction of sp³-hybridized carbons (Fsp3) is 0.111. The van der Waals surface area contributed by atoms with Crippen molar-refractivity contribution in [2.24, 2.45) is 0 Å². The van der Waals surface area contributed by atoms with Gasteiger partial charge in [-0.1, -0.05) is 42.5 Å². The van der Waals surface area contributed by atoms with Crippen molar-refractivity contribution >= 4 is 11.3 Å². The van der Waals surface area contributed by atoms with Crippen LogP contribution in [0.5, 0.6) is 0 Å². The molecule has 0 unspecified atom stereocenters. The quantitative estimate of drug-likeness (QED) is 0.512. The van der Waals surface area contributed by atoms with Crippen LogP contribution >= 0.6 is 11.3 Å². The van der Waals surface area contributed by atoms with Crippen LogP contribution in [0.25, 0.3) is 21.6 Å². The van der Waals surface area contributed by atoms with E-state index in [0.717, 1.165) is 38.6 Å². The summed E-state index contributed by atoms with van der Waals surface area (Å²) >= 11 is 1.59. The molecule has 0 atom stereocenters. The van der Waals surface area contributed by atoms with Gasteiger partial charge in [-0.25, -0.2) is 0 Å². The molecular formula is C18H13F3S. The topological polar surface area (TPSA) is 0 Å². The molecule has 0 bridgehead atoms. The van der Waals surface area contributed by atoms with Crippen molar-refractivity contribution in [1.82, 2.24) is 0 Å². The van der Waals surface area contributed by atoms with Crippen LogP contribution in [0.4, 0.5) is 13.2 Å². The van der Waals surface area contributed by atoms with E-state index < -0.39 is 11.7 Å². The molecule has 0 saturated carbocycles. The first-order chi connectivity index (χ1) is 10.4. The minimum Gasteiger partial charge on any atom is -0.166 e. The van der Waals surface area contributed by atoms with E-state index in [1.54, 1.807) is 11.3 Å². The summed E-state index contributed by atoms with van der Waals surface area (Å²) in [5, 5.41) is 0. The van der Waals surface area contributed by atoms with E-state index in [0.29, 0.717) is 0 Å². The number of thiophene rings is 1. The molecule has 1 aromatic heterocycles. The molecule has 0 aliphatic heterocycles. The second-order valence-corrected chi connectivity index (χ2v) is 6.28. The lowest BCUT2D eigenvalue weighted by Crippen LogP contribution is -2.03. The Hall–Kier alpha value is -2.07.